The molecule has 1 aliphatic rings. The van der Waals surface area contributed by atoms with Gasteiger partial charge in [-0.2, -0.15) is 4.98 Å². The Bertz CT molecular complexity index is 567. The molecule has 6 heteroatoms. The van der Waals surface area contributed by atoms with Gasteiger partial charge in [0.2, 0.25) is 5.95 Å². The number of anilines is 1. The second-order valence-corrected chi connectivity index (χ2v) is 5.95. The lowest BCUT2D eigenvalue weighted by Crippen LogP contribution is -2.37. The van der Waals surface area contributed by atoms with Gasteiger partial charge in [0.25, 0.3) is 0 Å². The van der Waals surface area contributed by atoms with E-state index in [0.717, 1.165) is 23.1 Å². The smallest absolute Gasteiger partial charge is 0.243 e. The molecule has 5 nitrogen and oxygen atoms in total. The number of pyridine rings is 1. The summed E-state index contributed by atoms with van der Waals surface area (Å²) in [5, 5.41) is 7.91. The van der Waals surface area contributed by atoms with Crippen molar-refractivity contribution in [3.63, 3.8) is 0 Å². The van der Waals surface area contributed by atoms with Gasteiger partial charge >= 0.3 is 0 Å². The van der Waals surface area contributed by atoms with E-state index in [4.69, 9.17) is 5.73 Å². The molecule has 0 radical (unpaired) electrons. The SMILES string of the molecule is NCC1CCCCC1Nc1nc2c(Br)cccn2n1. The van der Waals surface area contributed by atoms with Gasteiger partial charge in [0.15, 0.2) is 5.65 Å². The number of aromatic nitrogens is 3. The molecule has 0 amide bonds. The Labute approximate surface area is 120 Å². The molecule has 2 aromatic rings. The summed E-state index contributed by atoms with van der Waals surface area (Å²) in [5.74, 6) is 1.22. The van der Waals surface area contributed by atoms with Gasteiger partial charge in [-0.15, -0.1) is 5.10 Å². The topological polar surface area (TPSA) is 68.2 Å². The molecule has 3 N–H and O–H groups in total. The van der Waals surface area contributed by atoms with Crippen molar-refractivity contribution in [1.29, 1.82) is 0 Å². The minimum atomic E-state index is 0.398. The van der Waals surface area contributed by atoms with E-state index in [1.165, 1.54) is 19.3 Å². The molecule has 2 aromatic heterocycles. The number of halogens is 1. The highest BCUT2D eigenvalue weighted by Gasteiger charge is 2.24. The van der Waals surface area contributed by atoms with E-state index in [9.17, 15) is 0 Å². The van der Waals surface area contributed by atoms with Crippen LogP contribution in [0.15, 0.2) is 22.8 Å². The van der Waals surface area contributed by atoms with Crippen molar-refractivity contribution in [3.8, 4) is 0 Å². The highest BCUT2D eigenvalue weighted by atomic mass is 79.9. The molecule has 1 fully saturated rings. The van der Waals surface area contributed by atoms with Crippen LogP contribution in [-0.2, 0) is 0 Å². The zero-order valence-electron chi connectivity index (χ0n) is 10.7. The fourth-order valence-corrected chi connectivity index (χ4v) is 3.20. The fourth-order valence-electron chi connectivity index (χ4n) is 2.78. The number of rotatable bonds is 3. The Morgan fingerprint density at radius 2 is 2.26 bits per heavy atom. The molecule has 2 unspecified atom stereocenters. The van der Waals surface area contributed by atoms with Crippen LogP contribution in [-0.4, -0.2) is 27.2 Å². The van der Waals surface area contributed by atoms with Crippen molar-refractivity contribution in [2.45, 2.75) is 31.7 Å². The molecule has 3 rings (SSSR count). The normalized spacial score (nSPS) is 23.7. The number of nitrogens with two attached hydrogens (primary N) is 1. The maximum Gasteiger partial charge on any atom is 0.243 e. The monoisotopic (exact) mass is 323 g/mol. The van der Waals surface area contributed by atoms with Crippen molar-refractivity contribution in [3.05, 3.63) is 22.8 Å². The van der Waals surface area contributed by atoms with E-state index in [-0.39, 0.29) is 0 Å². The standard InChI is InChI=1S/C13H18BrN5/c14-10-5-3-7-19-12(10)17-13(18-19)16-11-6-2-1-4-9(11)8-15/h3,5,7,9,11H,1-2,4,6,8,15H2,(H,16,18). The van der Waals surface area contributed by atoms with Crippen molar-refractivity contribution in [2.75, 3.05) is 11.9 Å². The zero-order chi connectivity index (χ0) is 13.2. The van der Waals surface area contributed by atoms with Crippen LogP contribution >= 0.6 is 15.9 Å². The minimum absolute atomic E-state index is 0.398. The first kappa shape index (κ1) is 12.9. The second kappa shape index (κ2) is 5.46. The number of hydrogen-bond acceptors (Lipinski definition) is 4. The third-order valence-electron chi connectivity index (χ3n) is 3.84. The van der Waals surface area contributed by atoms with Crippen LogP contribution in [0.4, 0.5) is 5.95 Å². The molecule has 1 saturated carbocycles. The summed E-state index contributed by atoms with van der Waals surface area (Å²) in [5.41, 5.74) is 6.69. The van der Waals surface area contributed by atoms with Crippen LogP contribution in [0, 0.1) is 5.92 Å². The summed E-state index contributed by atoms with van der Waals surface area (Å²) in [4.78, 5) is 4.53. The number of hydrogen-bond donors (Lipinski definition) is 2. The molecule has 0 aromatic carbocycles. The van der Waals surface area contributed by atoms with Crippen molar-refractivity contribution in [2.24, 2.45) is 11.7 Å². The fraction of sp³-hybridized carbons (Fsp3) is 0.538. The maximum absolute atomic E-state index is 5.85. The molecule has 2 heterocycles. The third-order valence-corrected chi connectivity index (χ3v) is 4.46. The summed E-state index contributed by atoms with van der Waals surface area (Å²) in [6.45, 7) is 0.731. The van der Waals surface area contributed by atoms with E-state index < -0.39 is 0 Å². The zero-order valence-corrected chi connectivity index (χ0v) is 12.3. The predicted molar refractivity (Wildman–Crippen MR) is 79.1 cm³/mol. The van der Waals surface area contributed by atoms with Crippen LogP contribution in [0.2, 0.25) is 0 Å². The molecule has 0 saturated heterocycles. The lowest BCUT2D eigenvalue weighted by Gasteiger charge is -2.30. The largest absolute Gasteiger partial charge is 0.350 e. The summed E-state index contributed by atoms with van der Waals surface area (Å²) in [7, 11) is 0. The second-order valence-electron chi connectivity index (χ2n) is 5.09. The van der Waals surface area contributed by atoms with E-state index in [1.54, 1.807) is 4.52 Å². The van der Waals surface area contributed by atoms with Crippen LogP contribution in [0.5, 0.6) is 0 Å². The van der Waals surface area contributed by atoms with Crippen LogP contribution < -0.4 is 11.1 Å². The van der Waals surface area contributed by atoms with Gasteiger partial charge in [0.05, 0.1) is 4.47 Å². The molecule has 102 valence electrons. The van der Waals surface area contributed by atoms with E-state index in [1.807, 2.05) is 18.3 Å². The Balaban J connectivity index is 1.82. The van der Waals surface area contributed by atoms with Crippen LogP contribution in [0.1, 0.15) is 25.7 Å². The van der Waals surface area contributed by atoms with Crippen molar-refractivity contribution in [1.82, 2.24) is 14.6 Å². The van der Waals surface area contributed by atoms with Gasteiger partial charge in [-0.3, -0.25) is 0 Å². The summed E-state index contributed by atoms with van der Waals surface area (Å²) < 4.78 is 2.74. The number of fused-ring (bicyclic) bond motifs is 1. The Kier molecular flexibility index (Phi) is 3.70. The molecule has 19 heavy (non-hydrogen) atoms. The quantitative estimate of drug-likeness (QED) is 0.910. The molecule has 0 aliphatic heterocycles. The first-order valence-corrected chi connectivity index (χ1v) is 7.54. The Morgan fingerprint density at radius 1 is 1.42 bits per heavy atom. The third kappa shape index (κ3) is 2.60. The van der Waals surface area contributed by atoms with Gasteiger partial charge in [0, 0.05) is 12.2 Å². The van der Waals surface area contributed by atoms with Crippen molar-refractivity contribution < 1.29 is 0 Å². The van der Waals surface area contributed by atoms with Gasteiger partial charge in [0.1, 0.15) is 0 Å². The first-order chi connectivity index (χ1) is 9.28. The molecule has 2 atom stereocenters. The maximum atomic E-state index is 5.85. The molecular weight excluding hydrogens is 306 g/mol. The van der Waals surface area contributed by atoms with E-state index in [0.29, 0.717) is 17.9 Å². The Hall–Kier alpha value is -1.14. The highest BCUT2D eigenvalue weighted by Crippen LogP contribution is 2.26. The molecule has 0 spiro atoms. The average molecular weight is 324 g/mol. The summed E-state index contributed by atoms with van der Waals surface area (Å²) >= 11 is 3.49. The lowest BCUT2D eigenvalue weighted by molar-refractivity contribution is 0.331. The van der Waals surface area contributed by atoms with Crippen molar-refractivity contribution >= 4 is 27.5 Å². The predicted octanol–water partition coefficient (Wildman–Crippen LogP) is 2.42. The van der Waals surface area contributed by atoms with Gasteiger partial charge in [-0.25, -0.2) is 4.52 Å². The number of nitrogens with one attached hydrogen (secondary N) is 1. The highest BCUT2D eigenvalue weighted by molar-refractivity contribution is 9.10. The van der Waals surface area contributed by atoms with Gasteiger partial charge in [-0.05, 0) is 53.4 Å². The molecular formula is C13H18BrN5. The minimum Gasteiger partial charge on any atom is -0.350 e. The summed E-state index contributed by atoms with van der Waals surface area (Å²) in [6.07, 6.45) is 6.79. The number of nitrogens with zero attached hydrogens (tertiary/aromatic N) is 3. The molecule has 0 bridgehead atoms. The first-order valence-electron chi connectivity index (χ1n) is 6.75. The Morgan fingerprint density at radius 3 is 3.05 bits per heavy atom. The van der Waals surface area contributed by atoms with E-state index >= 15 is 0 Å². The van der Waals surface area contributed by atoms with E-state index in [2.05, 4.69) is 31.3 Å². The lowest BCUT2D eigenvalue weighted by atomic mass is 9.84. The molecule has 1 aliphatic carbocycles. The van der Waals surface area contributed by atoms with Gasteiger partial charge < -0.3 is 11.1 Å². The summed E-state index contributed by atoms with van der Waals surface area (Å²) in [6, 6.07) is 4.31. The average Bonchev–Trinajstić information content (AvgIpc) is 2.83. The van der Waals surface area contributed by atoms with Crippen LogP contribution in [0.25, 0.3) is 5.65 Å². The van der Waals surface area contributed by atoms with Crippen LogP contribution in [0.3, 0.4) is 0 Å². The van der Waals surface area contributed by atoms with Gasteiger partial charge in [-0.1, -0.05) is 12.8 Å².